The lowest BCUT2D eigenvalue weighted by molar-refractivity contribution is -0.144. The topological polar surface area (TPSA) is 143 Å². The Morgan fingerprint density at radius 3 is 2.65 bits per heavy atom. The third-order valence-corrected chi connectivity index (χ3v) is 5.03. The standard InChI is InChI=1S/C20H17N7O4/c1-27-9-7-20(29,18(27)28)16-11-15(25-31-16)13-4-2-3-12(22-13)14-5-8-21-19(23-14)24-17-6-10-30-26-17/h2-6,8,10-11,29H,7,9H2,1H3,(H,21,23,24,26)/t20-/m1/s1. The highest BCUT2D eigenvalue weighted by molar-refractivity contribution is 5.87. The first-order chi connectivity index (χ1) is 15.0. The molecule has 1 aliphatic rings. The van der Waals surface area contributed by atoms with E-state index in [-0.39, 0.29) is 12.2 Å². The normalized spacial score (nSPS) is 18.5. The van der Waals surface area contributed by atoms with Gasteiger partial charge in [-0.3, -0.25) is 4.79 Å². The van der Waals surface area contributed by atoms with Gasteiger partial charge in [0.15, 0.2) is 11.6 Å². The number of aliphatic hydroxyl groups is 1. The molecule has 0 spiro atoms. The number of hydrogen-bond donors (Lipinski definition) is 2. The van der Waals surface area contributed by atoms with E-state index < -0.39 is 11.5 Å². The van der Waals surface area contributed by atoms with Crippen LogP contribution in [0.1, 0.15) is 12.2 Å². The van der Waals surface area contributed by atoms with Crippen molar-refractivity contribution in [2.75, 3.05) is 18.9 Å². The fourth-order valence-electron chi connectivity index (χ4n) is 3.35. The van der Waals surface area contributed by atoms with Crippen LogP contribution in [0.4, 0.5) is 11.8 Å². The van der Waals surface area contributed by atoms with E-state index >= 15 is 0 Å². The molecule has 1 fully saturated rings. The van der Waals surface area contributed by atoms with Gasteiger partial charge < -0.3 is 24.4 Å². The zero-order valence-electron chi connectivity index (χ0n) is 16.4. The number of carbonyl (C=O) groups is 1. The summed E-state index contributed by atoms with van der Waals surface area (Å²) >= 11 is 0. The summed E-state index contributed by atoms with van der Waals surface area (Å²) in [6.07, 6.45) is 3.29. The maximum atomic E-state index is 12.3. The van der Waals surface area contributed by atoms with E-state index in [1.165, 1.54) is 11.2 Å². The maximum absolute atomic E-state index is 12.3. The largest absolute Gasteiger partial charge is 0.373 e. The van der Waals surface area contributed by atoms with E-state index in [2.05, 4.69) is 30.6 Å². The Balaban J connectivity index is 1.43. The molecule has 156 valence electrons. The van der Waals surface area contributed by atoms with E-state index in [9.17, 15) is 9.90 Å². The molecular weight excluding hydrogens is 402 g/mol. The summed E-state index contributed by atoms with van der Waals surface area (Å²) in [7, 11) is 1.63. The van der Waals surface area contributed by atoms with E-state index in [0.717, 1.165) is 0 Å². The summed E-state index contributed by atoms with van der Waals surface area (Å²) in [6.45, 7) is 0.442. The molecule has 5 heterocycles. The van der Waals surface area contributed by atoms with Crippen molar-refractivity contribution in [1.29, 1.82) is 0 Å². The Bertz CT molecular complexity index is 1240. The Labute approximate surface area is 175 Å². The van der Waals surface area contributed by atoms with Crippen molar-refractivity contribution in [3.05, 3.63) is 54.6 Å². The number of rotatable bonds is 5. The number of pyridine rings is 1. The highest BCUT2D eigenvalue weighted by Gasteiger charge is 2.48. The second-order valence-electron chi connectivity index (χ2n) is 7.10. The van der Waals surface area contributed by atoms with Crippen LogP contribution in [-0.2, 0) is 10.4 Å². The number of anilines is 2. The van der Waals surface area contributed by atoms with Gasteiger partial charge in [-0.2, -0.15) is 0 Å². The minimum atomic E-state index is -1.70. The van der Waals surface area contributed by atoms with Crippen molar-refractivity contribution in [2.24, 2.45) is 0 Å². The molecule has 0 bridgehead atoms. The van der Waals surface area contributed by atoms with Crippen molar-refractivity contribution in [1.82, 2.24) is 30.2 Å². The van der Waals surface area contributed by atoms with Crippen LogP contribution in [0.25, 0.3) is 22.8 Å². The molecule has 31 heavy (non-hydrogen) atoms. The molecule has 1 amide bonds. The fourth-order valence-corrected chi connectivity index (χ4v) is 3.35. The Hall–Kier alpha value is -4.12. The lowest BCUT2D eigenvalue weighted by Crippen LogP contribution is -2.35. The lowest BCUT2D eigenvalue weighted by Gasteiger charge is -2.16. The van der Waals surface area contributed by atoms with Gasteiger partial charge in [0.1, 0.15) is 12.0 Å². The number of aromatic nitrogens is 5. The van der Waals surface area contributed by atoms with E-state index in [1.54, 1.807) is 43.6 Å². The minimum Gasteiger partial charge on any atom is -0.373 e. The number of likely N-dealkylation sites (N-methyl/N-ethyl adjacent to an activating group) is 1. The molecule has 0 aliphatic carbocycles. The first-order valence-corrected chi connectivity index (χ1v) is 9.46. The number of amides is 1. The summed E-state index contributed by atoms with van der Waals surface area (Å²) in [5, 5.41) is 21.5. The van der Waals surface area contributed by atoms with Gasteiger partial charge in [-0.25, -0.2) is 15.0 Å². The molecule has 0 unspecified atom stereocenters. The smallest absolute Gasteiger partial charge is 0.262 e. The van der Waals surface area contributed by atoms with Crippen LogP contribution < -0.4 is 5.32 Å². The number of nitrogens with one attached hydrogen (secondary N) is 1. The summed E-state index contributed by atoms with van der Waals surface area (Å²) < 4.78 is 10.1. The Morgan fingerprint density at radius 2 is 1.90 bits per heavy atom. The van der Waals surface area contributed by atoms with Crippen LogP contribution in [-0.4, -0.2) is 54.8 Å². The second kappa shape index (κ2) is 7.29. The molecule has 5 rings (SSSR count). The molecule has 1 atom stereocenters. The van der Waals surface area contributed by atoms with Gasteiger partial charge in [0, 0.05) is 38.3 Å². The number of carbonyl (C=O) groups excluding carboxylic acids is 1. The van der Waals surface area contributed by atoms with Gasteiger partial charge in [0.25, 0.3) is 5.91 Å². The van der Waals surface area contributed by atoms with Crippen molar-refractivity contribution in [3.8, 4) is 22.8 Å². The Kier molecular flexibility index (Phi) is 4.44. The molecule has 0 aromatic carbocycles. The molecule has 1 aliphatic heterocycles. The molecule has 11 heteroatoms. The molecule has 4 aromatic heterocycles. The SMILES string of the molecule is CN1CC[C@@](O)(c2cc(-c3cccc(-c4ccnc(Nc5ccon5)n4)n3)no2)C1=O. The lowest BCUT2D eigenvalue weighted by atomic mass is 9.98. The van der Waals surface area contributed by atoms with Gasteiger partial charge in [0.2, 0.25) is 11.5 Å². The molecule has 2 N–H and O–H groups in total. The van der Waals surface area contributed by atoms with Gasteiger partial charge in [-0.05, 0) is 18.2 Å². The first-order valence-electron chi connectivity index (χ1n) is 9.46. The van der Waals surface area contributed by atoms with Crippen LogP contribution in [0.5, 0.6) is 0 Å². The van der Waals surface area contributed by atoms with Gasteiger partial charge in [-0.1, -0.05) is 16.4 Å². The number of nitrogens with zero attached hydrogens (tertiary/aromatic N) is 6. The zero-order chi connectivity index (χ0) is 21.4. The monoisotopic (exact) mass is 419 g/mol. The van der Waals surface area contributed by atoms with Crippen LogP contribution in [0, 0.1) is 0 Å². The fraction of sp³-hybridized carbons (Fsp3) is 0.200. The van der Waals surface area contributed by atoms with Crippen LogP contribution in [0.3, 0.4) is 0 Å². The van der Waals surface area contributed by atoms with Crippen molar-refractivity contribution in [3.63, 3.8) is 0 Å². The summed E-state index contributed by atoms with van der Waals surface area (Å²) in [6, 6.07) is 10.3. The molecule has 0 saturated carbocycles. The predicted octanol–water partition coefficient (Wildman–Crippen LogP) is 1.97. The summed E-state index contributed by atoms with van der Waals surface area (Å²) in [5.41, 5.74) is 0.384. The van der Waals surface area contributed by atoms with Crippen LogP contribution >= 0.6 is 0 Å². The first kappa shape index (κ1) is 18.9. The Morgan fingerprint density at radius 1 is 1.10 bits per heavy atom. The third kappa shape index (κ3) is 3.40. The third-order valence-electron chi connectivity index (χ3n) is 5.03. The summed E-state index contributed by atoms with van der Waals surface area (Å²) in [4.78, 5) is 27.0. The van der Waals surface area contributed by atoms with Crippen LogP contribution in [0.2, 0.25) is 0 Å². The average molecular weight is 419 g/mol. The predicted molar refractivity (Wildman–Crippen MR) is 107 cm³/mol. The number of likely N-dealkylation sites (tertiary alicyclic amines) is 1. The molecule has 1 saturated heterocycles. The van der Waals surface area contributed by atoms with E-state index in [4.69, 9.17) is 9.05 Å². The zero-order valence-corrected chi connectivity index (χ0v) is 16.4. The van der Waals surface area contributed by atoms with Crippen molar-refractivity contribution >= 4 is 17.7 Å². The molecule has 0 radical (unpaired) electrons. The molecule has 11 nitrogen and oxygen atoms in total. The van der Waals surface area contributed by atoms with Gasteiger partial charge >= 0.3 is 0 Å². The van der Waals surface area contributed by atoms with Crippen molar-refractivity contribution in [2.45, 2.75) is 12.0 Å². The average Bonchev–Trinajstić information content (AvgIpc) is 3.54. The van der Waals surface area contributed by atoms with Crippen molar-refractivity contribution < 1.29 is 18.9 Å². The summed E-state index contributed by atoms with van der Waals surface area (Å²) in [5.74, 6) is 0.516. The highest BCUT2D eigenvalue weighted by Crippen LogP contribution is 2.34. The van der Waals surface area contributed by atoms with Gasteiger partial charge in [0.05, 0.1) is 17.1 Å². The minimum absolute atomic E-state index is 0.102. The molecule has 4 aromatic rings. The second-order valence-corrected chi connectivity index (χ2v) is 7.10. The quantitative estimate of drug-likeness (QED) is 0.493. The number of hydrogen-bond acceptors (Lipinski definition) is 10. The maximum Gasteiger partial charge on any atom is 0.262 e. The van der Waals surface area contributed by atoms with Crippen LogP contribution in [0.15, 0.2) is 57.9 Å². The van der Waals surface area contributed by atoms with E-state index in [1.807, 2.05) is 6.07 Å². The van der Waals surface area contributed by atoms with E-state index in [0.29, 0.717) is 41.1 Å². The highest BCUT2D eigenvalue weighted by atomic mass is 16.5. The molecular formula is C20H17N7O4. The van der Waals surface area contributed by atoms with Gasteiger partial charge in [-0.15, -0.1) is 0 Å².